The third kappa shape index (κ3) is 6.93. The normalized spacial score (nSPS) is 40.0. The Morgan fingerprint density at radius 3 is 1.95 bits per heavy atom. The van der Waals surface area contributed by atoms with Gasteiger partial charge in [-0.1, -0.05) is 106 Å². The molecule has 4 aliphatic rings. The molecule has 4 aliphatic carbocycles. The quantitative estimate of drug-likeness (QED) is 0.175. The van der Waals surface area contributed by atoms with Crippen molar-refractivity contribution < 1.29 is 9.53 Å². The maximum Gasteiger partial charge on any atom is 0.192 e. The lowest BCUT2D eigenvalue weighted by molar-refractivity contribution is -0.155. The third-order valence-electron chi connectivity index (χ3n) is 14.0. The predicted molar refractivity (Wildman–Crippen MR) is 175 cm³/mol. The van der Waals surface area contributed by atoms with Crippen LogP contribution < -0.4 is 0 Å². The van der Waals surface area contributed by atoms with Gasteiger partial charge in [0.05, 0.1) is 11.7 Å². The van der Waals surface area contributed by atoms with Crippen LogP contribution in [0.1, 0.15) is 170 Å². The van der Waals surface area contributed by atoms with E-state index in [4.69, 9.17) is 4.43 Å². The van der Waals surface area contributed by atoms with Crippen molar-refractivity contribution in [3.05, 3.63) is 0 Å². The summed E-state index contributed by atoms with van der Waals surface area (Å²) in [6.07, 6.45) is 26.9. The summed E-state index contributed by atoms with van der Waals surface area (Å²) in [7, 11) is -1.75. The monoisotopic (exact) mass is 575 g/mol. The molecular weight excluding hydrogens is 504 g/mol. The topological polar surface area (TPSA) is 29.5 Å². The van der Waals surface area contributed by atoms with Crippen molar-refractivity contribution in [1.82, 2.24) is 0 Å². The number of fused-ring (bicyclic) bond motifs is 5. The van der Waals surface area contributed by atoms with E-state index < -0.39 is 8.32 Å². The van der Waals surface area contributed by atoms with Gasteiger partial charge < -0.3 is 9.53 Å². The highest BCUT2D eigenvalue weighted by molar-refractivity contribution is 6.74. The molecule has 8 atom stereocenters. The lowest BCUT2D eigenvalue weighted by Gasteiger charge is -2.62. The highest BCUT2D eigenvalue weighted by Gasteiger charge is 2.62. The van der Waals surface area contributed by atoms with Crippen molar-refractivity contribution in [1.29, 1.82) is 0 Å². The highest BCUT2D eigenvalue weighted by Crippen LogP contribution is 2.67. The Hall–Kier alpha value is 0.137. The molecule has 0 heterocycles. The fourth-order valence-corrected chi connectivity index (χ4v) is 11.6. The molecule has 1 N–H and O–H groups in total. The third-order valence-corrected chi connectivity index (χ3v) is 18.5. The van der Waals surface area contributed by atoms with Crippen LogP contribution in [-0.2, 0) is 4.43 Å². The highest BCUT2D eigenvalue weighted by atomic mass is 28.4. The van der Waals surface area contributed by atoms with Gasteiger partial charge in [-0.2, -0.15) is 0 Å². The number of aliphatic hydroxyl groups is 1. The van der Waals surface area contributed by atoms with Gasteiger partial charge in [0.25, 0.3) is 0 Å². The first kappa shape index (κ1) is 33.0. The van der Waals surface area contributed by atoms with Crippen LogP contribution in [-0.4, -0.2) is 25.1 Å². The zero-order chi connectivity index (χ0) is 29.2. The summed E-state index contributed by atoms with van der Waals surface area (Å²) in [5.74, 6) is 3.35. The number of rotatable bonds is 13. The van der Waals surface area contributed by atoms with E-state index in [1.165, 1.54) is 109 Å². The van der Waals surface area contributed by atoms with Crippen molar-refractivity contribution in [2.24, 2.45) is 34.5 Å². The molecular formula is C37H70O2Si. The lowest BCUT2D eigenvalue weighted by Crippen LogP contribution is -2.57. The molecule has 0 saturated heterocycles. The molecule has 0 spiro atoms. The molecule has 3 heteroatoms. The Bertz CT molecular complexity index is 802. The molecule has 0 bridgehead atoms. The van der Waals surface area contributed by atoms with Crippen molar-refractivity contribution >= 4 is 8.32 Å². The molecule has 234 valence electrons. The molecule has 4 fully saturated rings. The summed E-state index contributed by atoms with van der Waals surface area (Å²) in [6.45, 7) is 19.7. The van der Waals surface area contributed by atoms with Crippen molar-refractivity contribution in [2.45, 2.75) is 200 Å². The molecule has 4 saturated carbocycles. The van der Waals surface area contributed by atoms with Gasteiger partial charge in [0, 0.05) is 0 Å². The van der Waals surface area contributed by atoms with Crippen LogP contribution in [0.25, 0.3) is 0 Å². The second-order valence-corrected chi connectivity index (χ2v) is 22.3. The fraction of sp³-hybridized carbons (Fsp3) is 1.00. The Labute approximate surface area is 251 Å². The average Bonchev–Trinajstić information content (AvgIpc) is 3.20. The Balaban J connectivity index is 1.27. The predicted octanol–water partition coefficient (Wildman–Crippen LogP) is 11.5. The molecule has 40 heavy (non-hydrogen) atoms. The van der Waals surface area contributed by atoms with Crippen LogP contribution in [0.2, 0.25) is 18.1 Å². The first-order valence-electron chi connectivity index (χ1n) is 18.2. The summed E-state index contributed by atoms with van der Waals surface area (Å²) in [6, 6.07) is 0. The molecule has 0 radical (unpaired) electrons. The van der Waals surface area contributed by atoms with Crippen molar-refractivity contribution in [2.75, 3.05) is 0 Å². The number of hydrogen-bond donors (Lipinski definition) is 1. The van der Waals surface area contributed by atoms with E-state index in [2.05, 4.69) is 54.6 Å². The van der Waals surface area contributed by atoms with Gasteiger partial charge in [0.1, 0.15) is 0 Å². The van der Waals surface area contributed by atoms with Crippen LogP contribution in [0.5, 0.6) is 0 Å². The van der Waals surface area contributed by atoms with Crippen LogP contribution >= 0.6 is 0 Å². The molecule has 4 rings (SSSR count). The number of unbranched alkanes of at least 4 members (excludes halogenated alkanes) is 9. The second kappa shape index (κ2) is 13.0. The van der Waals surface area contributed by atoms with Crippen LogP contribution in [0.15, 0.2) is 0 Å². The van der Waals surface area contributed by atoms with Crippen molar-refractivity contribution in [3.63, 3.8) is 0 Å². The summed E-state index contributed by atoms with van der Waals surface area (Å²) < 4.78 is 7.17. The van der Waals surface area contributed by atoms with Crippen LogP contribution in [0, 0.1) is 34.5 Å². The molecule has 0 aromatic rings. The lowest BCUT2D eigenvalue weighted by atomic mass is 9.44. The van der Waals surface area contributed by atoms with Crippen molar-refractivity contribution in [3.8, 4) is 0 Å². The Morgan fingerprint density at radius 1 is 0.725 bits per heavy atom. The van der Waals surface area contributed by atoms with E-state index in [0.717, 1.165) is 42.9 Å². The molecule has 1 unspecified atom stereocenters. The van der Waals surface area contributed by atoms with Gasteiger partial charge in [-0.25, -0.2) is 0 Å². The van der Waals surface area contributed by atoms with E-state index in [1.54, 1.807) is 0 Å². The van der Waals surface area contributed by atoms with E-state index in [0.29, 0.717) is 16.9 Å². The first-order chi connectivity index (χ1) is 18.8. The molecule has 0 aliphatic heterocycles. The summed E-state index contributed by atoms with van der Waals surface area (Å²) in [5.41, 5.74) is 0.452. The zero-order valence-corrected chi connectivity index (χ0v) is 29.4. The molecule has 0 amide bonds. The minimum Gasteiger partial charge on any atom is -0.413 e. The largest absolute Gasteiger partial charge is 0.413 e. The van der Waals surface area contributed by atoms with Gasteiger partial charge >= 0.3 is 0 Å². The molecule has 0 aromatic heterocycles. The van der Waals surface area contributed by atoms with E-state index >= 15 is 0 Å². The standard InChI is InChI=1S/C37H70O2Si/c1-9-10-11-12-13-14-15-16-17-18-24-37(38)27-26-35(5)29(28-37)19-20-30-31-21-22-33(36(31,6)25-23-32(30)35)39-40(7,8)34(2,3)4/h29-33,38H,9-28H2,1-8H3/t29?,30-,31-,32-,33-,35-,36-,37-/m0/s1. The minimum absolute atomic E-state index is 0.289. The molecule has 0 aromatic carbocycles. The van der Waals surface area contributed by atoms with Crippen LogP contribution in [0.4, 0.5) is 0 Å². The molecule has 2 nitrogen and oxygen atoms in total. The Kier molecular flexibility index (Phi) is 10.7. The Morgan fingerprint density at radius 2 is 1.32 bits per heavy atom. The maximum atomic E-state index is 11.7. The van der Waals surface area contributed by atoms with Gasteiger partial charge in [0.2, 0.25) is 0 Å². The van der Waals surface area contributed by atoms with Gasteiger partial charge in [-0.05, 0) is 117 Å². The fourth-order valence-electron chi connectivity index (χ4n) is 10.2. The summed E-state index contributed by atoms with van der Waals surface area (Å²) in [5, 5.41) is 12.0. The van der Waals surface area contributed by atoms with E-state index in [-0.39, 0.29) is 10.6 Å². The smallest absolute Gasteiger partial charge is 0.192 e. The summed E-state index contributed by atoms with van der Waals surface area (Å²) >= 11 is 0. The van der Waals surface area contributed by atoms with Gasteiger partial charge in [0.15, 0.2) is 8.32 Å². The van der Waals surface area contributed by atoms with E-state index in [1.807, 2.05) is 0 Å². The number of hydrogen-bond acceptors (Lipinski definition) is 2. The first-order valence-corrected chi connectivity index (χ1v) is 21.1. The van der Waals surface area contributed by atoms with Crippen LogP contribution in [0.3, 0.4) is 0 Å². The minimum atomic E-state index is -1.75. The van der Waals surface area contributed by atoms with E-state index in [9.17, 15) is 5.11 Å². The zero-order valence-electron chi connectivity index (χ0n) is 28.4. The second-order valence-electron chi connectivity index (χ2n) is 17.5. The maximum absolute atomic E-state index is 11.7. The van der Waals surface area contributed by atoms with Gasteiger partial charge in [-0.15, -0.1) is 0 Å². The summed E-state index contributed by atoms with van der Waals surface area (Å²) in [4.78, 5) is 0. The SMILES string of the molecule is CCCCCCCCCCCC[C@]1(O)CC[C@@]2(C)C(CC[C@H]3[C@@H]4CC[C@H](O[Si](C)(C)C(C)(C)C)[C@@]4(C)CC[C@@H]32)C1. The van der Waals surface area contributed by atoms with Gasteiger partial charge in [-0.3, -0.25) is 0 Å². The average molecular weight is 575 g/mol.